The molecule has 0 spiro atoms. The van der Waals surface area contributed by atoms with E-state index in [0.717, 1.165) is 30.8 Å². The standard InChI is InChI=1S/C16H24N2O2/c1-3-9-18(11-12-19)10-5-8-16(20)17-15-7-4-6-14(2)13-15/h3-4,6-7,13,19H,1,5,8-12H2,2H3,(H,17,20). The molecule has 20 heavy (non-hydrogen) atoms. The molecule has 1 rings (SSSR count). The van der Waals surface area contributed by atoms with Crippen LogP contribution in [0.2, 0.25) is 0 Å². The summed E-state index contributed by atoms with van der Waals surface area (Å²) in [5.41, 5.74) is 1.97. The van der Waals surface area contributed by atoms with Gasteiger partial charge in [-0.25, -0.2) is 0 Å². The summed E-state index contributed by atoms with van der Waals surface area (Å²) in [5, 5.41) is 11.8. The Morgan fingerprint density at radius 2 is 2.25 bits per heavy atom. The Kier molecular flexibility index (Phi) is 7.62. The SMILES string of the molecule is C=CCN(CCO)CCCC(=O)Nc1cccc(C)c1. The Morgan fingerprint density at radius 1 is 1.45 bits per heavy atom. The summed E-state index contributed by atoms with van der Waals surface area (Å²) in [6.07, 6.45) is 3.06. The van der Waals surface area contributed by atoms with Crippen LogP contribution in [0, 0.1) is 6.92 Å². The second-order valence-corrected chi connectivity index (χ2v) is 4.83. The van der Waals surface area contributed by atoms with Gasteiger partial charge in [-0.2, -0.15) is 0 Å². The quantitative estimate of drug-likeness (QED) is 0.680. The molecule has 0 radical (unpaired) electrons. The van der Waals surface area contributed by atoms with Gasteiger partial charge in [0, 0.05) is 25.2 Å². The van der Waals surface area contributed by atoms with E-state index in [9.17, 15) is 4.79 Å². The maximum atomic E-state index is 11.8. The van der Waals surface area contributed by atoms with E-state index in [-0.39, 0.29) is 12.5 Å². The van der Waals surface area contributed by atoms with E-state index in [1.807, 2.05) is 37.3 Å². The van der Waals surface area contributed by atoms with E-state index in [1.165, 1.54) is 0 Å². The Labute approximate surface area is 121 Å². The first-order chi connectivity index (χ1) is 9.65. The molecule has 0 heterocycles. The lowest BCUT2D eigenvalue weighted by Gasteiger charge is -2.18. The monoisotopic (exact) mass is 276 g/mol. The predicted molar refractivity (Wildman–Crippen MR) is 82.8 cm³/mol. The van der Waals surface area contributed by atoms with Gasteiger partial charge < -0.3 is 10.4 Å². The number of anilines is 1. The molecule has 0 aliphatic heterocycles. The number of aliphatic hydroxyl groups is 1. The molecule has 0 aliphatic carbocycles. The fraction of sp³-hybridized carbons (Fsp3) is 0.438. The molecule has 4 heteroatoms. The molecule has 0 saturated heterocycles. The van der Waals surface area contributed by atoms with Crippen LogP contribution < -0.4 is 5.32 Å². The minimum atomic E-state index is 0.0261. The van der Waals surface area contributed by atoms with Gasteiger partial charge >= 0.3 is 0 Å². The van der Waals surface area contributed by atoms with Gasteiger partial charge in [0.2, 0.25) is 5.91 Å². The summed E-state index contributed by atoms with van der Waals surface area (Å²) in [6.45, 7) is 7.95. The smallest absolute Gasteiger partial charge is 0.224 e. The van der Waals surface area contributed by atoms with Crippen molar-refractivity contribution in [3.63, 3.8) is 0 Å². The summed E-state index contributed by atoms with van der Waals surface area (Å²) in [5.74, 6) is 0.0261. The molecule has 1 aromatic carbocycles. The number of benzene rings is 1. The molecule has 1 aromatic rings. The van der Waals surface area contributed by atoms with Crippen molar-refractivity contribution in [3.05, 3.63) is 42.5 Å². The van der Waals surface area contributed by atoms with Crippen molar-refractivity contribution in [2.75, 3.05) is 31.6 Å². The number of nitrogens with one attached hydrogen (secondary N) is 1. The first kappa shape index (κ1) is 16.4. The van der Waals surface area contributed by atoms with E-state index >= 15 is 0 Å². The van der Waals surface area contributed by atoms with E-state index < -0.39 is 0 Å². The van der Waals surface area contributed by atoms with Gasteiger partial charge in [-0.15, -0.1) is 6.58 Å². The van der Waals surface area contributed by atoms with Gasteiger partial charge in [0.1, 0.15) is 0 Å². The third-order valence-electron chi connectivity index (χ3n) is 2.98. The maximum absolute atomic E-state index is 11.8. The number of hydrogen-bond donors (Lipinski definition) is 2. The highest BCUT2D eigenvalue weighted by molar-refractivity contribution is 5.90. The van der Waals surface area contributed by atoms with Crippen LogP contribution in [-0.4, -0.2) is 42.2 Å². The number of nitrogens with zero attached hydrogens (tertiary/aromatic N) is 1. The van der Waals surface area contributed by atoms with Crippen LogP contribution in [0.1, 0.15) is 18.4 Å². The molecule has 4 nitrogen and oxygen atoms in total. The second kappa shape index (κ2) is 9.28. The maximum Gasteiger partial charge on any atom is 0.224 e. The Hall–Kier alpha value is -1.65. The summed E-state index contributed by atoms with van der Waals surface area (Å²) in [4.78, 5) is 13.9. The number of aliphatic hydroxyl groups excluding tert-OH is 1. The number of carbonyl (C=O) groups excluding carboxylic acids is 1. The fourth-order valence-corrected chi connectivity index (χ4v) is 2.03. The van der Waals surface area contributed by atoms with Gasteiger partial charge in [0.15, 0.2) is 0 Å². The molecule has 0 saturated carbocycles. The molecular formula is C16H24N2O2. The average Bonchev–Trinajstić information content (AvgIpc) is 2.39. The molecule has 0 bridgehead atoms. The predicted octanol–water partition coefficient (Wildman–Crippen LogP) is 2.19. The normalized spacial score (nSPS) is 10.6. The Bertz CT molecular complexity index is 432. The van der Waals surface area contributed by atoms with Crippen molar-refractivity contribution in [3.8, 4) is 0 Å². The molecule has 0 aliphatic rings. The summed E-state index contributed by atoms with van der Waals surface area (Å²) >= 11 is 0. The topological polar surface area (TPSA) is 52.6 Å². The first-order valence-corrected chi connectivity index (χ1v) is 6.96. The zero-order chi connectivity index (χ0) is 14.8. The van der Waals surface area contributed by atoms with Crippen LogP contribution in [0.5, 0.6) is 0 Å². The first-order valence-electron chi connectivity index (χ1n) is 6.96. The molecule has 2 N–H and O–H groups in total. The van der Waals surface area contributed by atoms with E-state index in [1.54, 1.807) is 0 Å². The number of hydrogen-bond acceptors (Lipinski definition) is 3. The average molecular weight is 276 g/mol. The van der Waals surface area contributed by atoms with Crippen molar-refractivity contribution in [1.82, 2.24) is 4.90 Å². The minimum absolute atomic E-state index is 0.0261. The number of rotatable bonds is 9. The molecule has 0 aromatic heterocycles. The zero-order valence-corrected chi connectivity index (χ0v) is 12.1. The Morgan fingerprint density at radius 3 is 2.90 bits per heavy atom. The van der Waals surface area contributed by atoms with Gasteiger partial charge in [-0.3, -0.25) is 9.69 Å². The van der Waals surface area contributed by atoms with Crippen molar-refractivity contribution >= 4 is 11.6 Å². The van der Waals surface area contributed by atoms with Crippen molar-refractivity contribution in [2.45, 2.75) is 19.8 Å². The number of aryl methyl sites for hydroxylation is 1. The van der Waals surface area contributed by atoms with Crippen molar-refractivity contribution in [1.29, 1.82) is 0 Å². The van der Waals surface area contributed by atoms with Crippen LogP contribution in [-0.2, 0) is 4.79 Å². The van der Waals surface area contributed by atoms with Crippen molar-refractivity contribution in [2.24, 2.45) is 0 Å². The lowest BCUT2D eigenvalue weighted by molar-refractivity contribution is -0.116. The van der Waals surface area contributed by atoms with Crippen molar-refractivity contribution < 1.29 is 9.90 Å². The van der Waals surface area contributed by atoms with E-state index in [4.69, 9.17) is 5.11 Å². The third-order valence-corrected chi connectivity index (χ3v) is 2.98. The van der Waals surface area contributed by atoms with Gasteiger partial charge in [-0.1, -0.05) is 18.2 Å². The highest BCUT2D eigenvalue weighted by Gasteiger charge is 2.05. The van der Waals surface area contributed by atoms with Gasteiger partial charge in [0.05, 0.1) is 6.61 Å². The zero-order valence-electron chi connectivity index (χ0n) is 12.1. The largest absolute Gasteiger partial charge is 0.395 e. The number of carbonyl (C=O) groups is 1. The highest BCUT2D eigenvalue weighted by atomic mass is 16.3. The third kappa shape index (κ3) is 6.50. The minimum Gasteiger partial charge on any atom is -0.395 e. The van der Waals surface area contributed by atoms with Crippen LogP contribution >= 0.6 is 0 Å². The molecule has 0 fully saturated rings. The molecular weight excluding hydrogens is 252 g/mol. The summed E-state index contributed by atoms with van der Waals surface area (Å²) in [7, 11) is 0. The lowest BCUT2D eigenvalue weighted by Crippen LogP contribution is -2.28. The lowest BCUT2D eigenvalue weighted by atomic mass is 10.2. The van der Waals surface area contributed by atoms with E-state index in [2.05, 4.69) is 16.8 Å². The van der Waals surface area contributed by atoms with Crippen LogP contribution in [0.15, 0.2) is 36.9 Å². The molecule has 0 atom stereocenters. The summed E-state index contributed by atoms with van der Waals surface area (Å²) < 4.78 is 0. The summed E-state index contributed by atoms with van der Waals surface area (Å²) in [6, 6.07) is 7.77. The van der Waals surface area contributed by atoms with Gasteiger partial charge in [-0.05, 0) is 37.6 Å². The Balaban J connectivity index is 2.30. The van der Waals surface area contributed by atoms with Crippen LogP contribution in [0.25, 0.3) is 0 Å². The second-order valence-electron chi connectivity index (χ2n) is 4.83. The van der Waals surface area contributed by atoms with Crippen LogP contribution in [0.3, 0.4) is 0 Å². The molecule has 0 unspecified atom stereocenters. The molecule has 1 amide bonds. The van der Waals surface area contributed by atoms with E-state index in [0.29, 0.717) is 13.0 Å². The van der Waals surface area contributed by atoms with Gasteiger partial charge in [0.25, 0.3) is 0 Å². The number of amides is 1. The van der Waals surface area contributed by atoms with Crippen LogP contribution in [0.4, 0.5) is 5.69 Å². The fourth-order valence-electron chi connectivity index (χ4n) is 2.03. The highest BCUT2D eigenvalue weighted by Crippen LogP contribution is 2.10. The molecule has 110 valence electrons.